The molecule has 0 aromatic rings. The largest absolute Gasteiger partial charge is 0.389 e. The lowest BCUT2D eigenvalue weighted by molar-refractivity contribution is 0.0118. The molecule has 0 radical (unpaired) electrons. The van der Waals surface area contributed by atoms with Crippen LogP contribution < -0.4 is 5.32 Å². The molecule has 2 N–H and O–H groups in total. The van der Waals surface area contributed by atoms with Gasteiger partial charge in [-0.05, 0) is 57.8 Å². The third-order valence-corrected chi connectivity index (χ3v) is 5.51. The average molecular weight is 309 g/mol. The summed E-state index contributed by atoms with van der Waals surface area (Å²) in [7, 11) is 0. The van der Waals surface area contributed by atoms with Gasteiger partial charge in [0.1, 0.15) is 0 Å². The molecule has 1 heterocycles. The lowest BCUT2D eigenvalue weighted by Gasteiger charge is -2.41. The molecular weight excluding hydrogens is 278 g/mol. The number of hydrogen-bond acceptors (Lipinski definition) is 3. The van der Waals surface area contributed by atoms with Crippen molar-refractivity contribution < 1.29 is 9.90 Å². The molecule has 3 fully saturated rings. The SMILES string of the molecule is C[C@@H]1CN(CC(C)(C)O)CCN1C(=O)NCC1(C2CC2)CC1. The number of nitrogens with one attached hydrogen (secondary N) is 1. The summed E-state index contributed by atoms with van der Waals surface area (Å²) in [4.78, 5) is 16.7. The van der Waals surface area contributed by atoms with E-state index in [-0.39, 0.29) is 12.1 Å². The van der Waals surface area contributed by atoms with Gasteiger partial charge < -0.3 is 15.3 Å². The van der Waals surface area contributed by atoms with E-state index in [0.717, 1.165) is 32.1 Å². The summed E-state index contributed by atoms with van der Waals surface area (Å²) in [6.45, 7) is 9.74. The molecule has 0 unspecified atom stereocenters. The van der Waals surface area contributed by atoms with Crippen molar-refractivity contribution in [3.8, 4) is 0 Å². The molecule has 3 aliphatic rings. The first kappa shape index (κ1) is 16.1. The second kappa shape index (κ2) is 5.68. The van der Waals surface area contributed by atoms with Gasteiger partial charge in [0.15, 0.2) is 0 Å². The number of nitrogens with zero attached hydrogens (tertiary/aromatic N) is 2. The van der Waals surface area contributed by atoms with Crippen LogP contribution in [0, 0.1) is 11.3 Å². The summed E-state index contributed by atoms with van der Waals surface area (Å²) < 4.78 is 0. The minimum atomic E-state index is -0.674. The summed E-state index contributed by atoms with van der Waals surface area (Å²) in [5, 5.41) is 13.1. The highest BCUT2D eigenvalue weighted by Gasteiger charge is 2.53. The number of piperazine rings is 1. The van der Waals surface area contributed by atoms with Crippen LogP contribution in [0.1, 0.15) is 46.5 Å². The molecule has 0 spiro atoms. The van der Waals surface area contributed by atoms with E-state index in [1.165, 1.54) is 25.7 Å². The predicted octanol–water partition coefficient (Wildman–Crippen LogP) is 1.66. The molecule has 0 aromatic carbocycles. The first-order valence-electron chi connectivity index (χ1n) is 8.78. The Labute approximate surface area is 134 Å². The lowest BCUT2D eigenvalue weighted by atomic mass is 10.0. The fourth-order valence-corrected chi connectivity index (χ4v) is 3.96. The Balaban J connectivity index is 1.45. The molecule has 1 saturated heterocycles. The zero-order valence-electron chi connectivity index (χ0n) is 14.3. The second-order valence-corrected chi connectivity index (χ2v) is 8.39. The van der Waals surface area contributed by atoms with Gasteiger partial charge in [-0.25, -0.2) is 4.79 Å². The smallest absolute Gasteiger partial charge is 0.317 e. The molecule has 1 aliphatic heterocycles. The number of carbonyl (C=O) groups excluding carboxylic acids is 1. The third kappa shape index (κ3) is 3.74. The minimum absolute atomic E-state index is 0.0994. The Morgan fingerprint density at radius 1 is 1.32 bits per heavy atom. The van der Waals surface area contributed by atoms with Crippen LogP contribution in [0.4, 0.5) is 4.79 Å². The van der Waals surface area contributed by atoms with E-state index in [0.29, 0.717) is 12.0 Å². The topological polar surface area (TPSA) is 55.8 Å². The highest BCUT2D eigenvalue weighted by atomic mass is 16.3. The number of aliphatic hydroxyl groups is 1. The van der Waals surface area contributed by atoms with E-state index < -0.39 is 5.60 Å². The van der Waals surface area contributed by atoms with Crippen LogP contribution in [0.2, 0.25) is 0 Å². The molecule has 0 bridgehead atoms. The van der Waals surface area contributed by atoms with Crippen molar-refractivity contribution in [2.24, 2.45) is 11.3 Å². The Hall–Kier alpha value is -0.810. The third-order valence-electron chi connectivity index (χ3n) is 5.51. The van der Waals surface area contributed by atoms with Gasteiger partial charge in [0, 0.05) is 38.8 Å². The standard InChI is InChI=1S/C17H31N3O2/c1-13-10-19(12-16(2,3)22)8-9-20(13)15(21)18-11-17(6-7-17)14-4-5-14/h13-14,22H,4-12H2,1-3H3,(H,18,21)/t13-/m1/s1. The summed E-state index contributed by atoms with van der Waals surface area (Å²) >= 11 is 0. The molecule has 22 heavy (non-hydrogen) atoms. The summed E-state index contributed by atoms with van der Waals surface area (Å²) in [5.74, 6) is 0.883. The van der Waals surface area contributed by atoms with Gasteiger partial charge in [-0.15, -0.1) is 0 Å². The van der Waals surface area contributed by atoms with Gasteiger partial charge in [0.2, 0.25) is 0 Å². The number of hydrogen-bond donors (Lipinski definition) is 2. The average Bonchev–Trinajstić information content (AvgIpc) is 3.26. The molecule has 2 aliphatic carbocycles. The zero-order valence-corrected chi connectivity index (χ0v) is 14.3. The molecule has 2 saturated carbocycles. The van der Waals surface area contributed by atoms with Crippen molar-refractivity contribution in [3.63, 3.8) is 0 Å². The molecular formula is C17H31N3O2. The normalized spacial score (nSPS) is 28.5. The second-order valence-electron chi connectivity index (χ2n) is 8.39. The quantitative estimate of drug-likeness (QED) is 0.812. The predicted molar refractivity (Wildman–Crippen MR) is 86.7 cm³/mol. The maximum absolute atomic E-state index is 12.5. The van der Waals surface area contributed by atoms with Crippen molar-refractivity contribution in [1.29, 1.82) is 0 Å². The fraction of sp³-hybridized carbons (Fsp3) is 0.941. The molecule has 0 aromatic heterocycles. The molecule has 3 rings (SSSR count). The Morgan fingerprint density at radius 2 is 2.00 bits per heavy atom. The van der Waals surface area contributed by atoms with Crippen LogP contribution in [0.25, 0.3) is 0 Å². The summed E-state index contributed by atoms with van der Waals surface area (Å²) in [6, 6.07) is 0.300. The van der Waals surface area contributed by atoms with E-state index in [2.05, 4.69) is 17.1 Å². The first-order valence-corrected chi connectivity index (χ1v) is 8.78. The molecule has 126 valence electrons. The number of rotatable bonds is 5. The molecule has 2 amide bonds. The lowest BCUT2D eigenvalue weighted by Crippen LogP contribution is -2.58. The van der Waals surface area contributed by atoms with E-state index in [1.807, 2.05) is 18.7 Å². The molecule has 5 heteroatoms. The maximum Gasteiger partial charge on any atom is 0.317 e. The number of amides is 2. The van der Waals surface area contributed by atoms with Crippen LogP contribution in [0.15, 0.2) is 0 Å². The summed E-state index contributed by atoms with van der Waals surface area (Å²) in [6.07, 6.45) is 5.32. The number of carbonyl (C=O) groups is 1. The molecule has 1 atom stereocenters. The zero-order chi connectivity index (χ0) is 16.0. The first-order chi connectivity index (χ1) is 10.3. The maximum atomic E-state index is 12.5. The Morgan fingerprint density at radius 3 is 2.50 bits per heavy atom. The molecule has 5 nitrogen and oxygen atoms in total. The number of β-amino-alcohol motifs (C(OH)–C–C–N with tert-alkyl or cyclic N) is 1. The van der Waals surface area contributed by atoms with Crippen LogP contribution in [0.3, 0.4) is 0 Å². The highest BCUT2D eigenvalue weighted by molar-refractivity contribution is 5.74. The van der Waals surface area contributed by atoms with Crippen LogP contribution >= 0.6 is 0 Å². The van der Waals surface area contributed by atoms with Crippen LogP contribution in [-0.4, -0.2) is 65.3 Å². The van der Waals surface area contributed by atoms with Gasteiger partial charge in [-0.2, -0.15) is 0 Å². The monoisotopic (exact) mass is 309 g/mol. The van der Waals surface area contributed by atoms with Gasteiger partial charge in [-0.1, -0.05) is 0 Å². The van der Waals surface area contributed by atoms with E-state index in [9.17, 15) is 9.90 Å². The highest BCUT2D eigenvalue weighted by Crippen LogP contribution is 2.60. The van der Waals surface area contributed by atoms with Gasteiger partial charge in [0.25, 0.3) is 0 Å². The van der Waals surface area contributed by atoms with E-state index in [1.54, 1.807) is 0 Å². The van der Waals surface area contributed by atoms with Crippen LogP contribution in [0.5, 0.6) is 0 Å². The van der Waals surface area contributed by atoms with E-state index >= 15 is 0 Å². The Kier molecular flexibility index (Phi) is 4.14. The van der Waals surface area contributed by atoms with Gasteiger partial charge in [-0.3, -0.25) is 4.90 Å². The van der Waals surface area contributed by atoms with Gasteiger partial charge in [0.05, 0.1) is 5.60 Å². The van der Waals surface area contributed by atoms with Crippen LogP contribution in [-0.2, 0) is 0 Å². The summed E-state index contributed by atoms with van der Waals surface area (Å²) in [5.41, 5.74) is -0.214. The van der Waals surface area contributed by atoms with Crippen molar-refractivity contribution in [3.05, 3.63) is 0 Å². The van der Waals surface area contributed by atoms with Crippen molar-refractivity contribution in [2.75, 3.05) is 32.7 Å². The van der Waals surface area contributed by atoms with Crippen molar-refractivity contribution in [1.82, 2.24) is 15.1 Å². The number of urea groups is 1. The fourth-order valence-electron chi connectivity index (χ4n) is 3.96. The van der Waals surface area contributed by atoms with Crippen molar-refractivity contribution in [2.45, 2.75) is 58.1 Å². The van der Waals surface area contributed by atoms with Crippen molar-refractivity contribution >= 4 is 6.03 Å². The van der Waals surface area contributed by atoms with Gasteiger partial charge >= 0.3 is 6.03 Å². The minimum Gasteiger partial charge on any atom is -0.389 e. The Bertz CT molecular complexity index is 424. The van der Waals surface area contributed by atoms with E-state index in [4.69, 9.17) is 0 Å².